The number of carbonyl (C=O) groups excluding carboxylic acids is 2. The number of amides is 2. The average Bonchev–Trinajstić information content (AvgIpc) is 2.94. The van der Waals surface area contributed by atoms with E-state index in [1.807, 2.05) is 0 Å². The van der Waals surface area contributed by atoms with Crippen LogP contribution in [0.4, 0.5) is 14.7 Å². The quantitative estimate of drug-likeness (QED) is 0.395. The molecule has 0 aliphatic heterocycles. The van der Waals surface area contributed by atoms with Gasteiger partial charge in [-0.15, -0.1) is 0 Å². The largest absolute Gasteiger partial charge is 0.477 e. The molecule has 0 atom stereocenters. The number of carboxylic acid groups (broad SMARTS) is 1. The molecule has 27 heavy (non-hydrogen) atoms. The first kappa shape index (κ1) is 22.6. The molecule has 1 aromatic rings. The number of anilines is 1. The van der Waals surface area contributed by atoms with Gasteiger partial charge >= 0.3 is 18.2 Å². The molecule has 2 amide bonds. The van der Waals surface area contributed by atoms with Crippen molar-refractivity contribution in [2.75, 3.05) is 25.1 Å². The van der Waals surface area contributed by atoms with Crippen LogP contribution in [0.1, 0.15) is 15.4 Å². The van der Waals surface area contributed by atoms with Crippen molar-refractivity contribution < 1.29 is 29.0 Å². The topological polar surface area (TPSA) is 127 Å². The Hall–Kier alpha value is -2.40. The van der Waals surface area contributed by atoms with Gasteiger partial charge in [-0.25, -0.2) is 19.4 Å². The molecule has 1 heterocycles. The van der Waals surface area contributed by atoms with Crippen molar-refractivity contribution in [2.45, 2.75) is 32.1 Å². The summed E-state index contributed by atoms with van der Waals surface area (Å²) in [6.07, 6.45) is 0.289. The fourth-order valence-electron chi connectivity index (χ4n) is 1.78. The molecule has 9 nitrogen and oxygen atoms in total. The van der Waals surface area contributed by atoms with E-state index in [0.717, 1.165) is 17.4 Å². The molecule has 0 aliphatic rings. The van der Waals surface area contributed by atoms with Crippen molar-refractivity contribution >= 4 is 42.7 Å². The maximum absolute atomic E-state index is 11.7. The molecule has 0 bridgehead atoms. The van der Waals surface area contributed by atoms with Crippen molar-refractivity contribution in [3.05, 3.63) is 23.2 Å². The first-order valence-corrected chi connectivity index (χ1v) is 12.8. The van der Waals surface area contributed by atoms with Crippen LogP contribution >= 0.6 is 11.3 Å². The second-order valence-electron chi connectivity index (χ2n) is 6.74. The minimum Gasteiger partial charge on any atom is -0.477 e. The highest BCUT2D eigenvalue weighted by Gasteiger charge is 2.19. The van der Waals surface area contributed by atoms with Crippen molar-refractivity contribution in [3.8, 4) is 0 Å². The van der Waals surface area contributed by atoms with E-state index in [1.165, 1.54) is 6.08 Å². The number of nitrogens with one attached hydrogen (secondary N) is 2. The van der Waals surface area contributed by atoms with Gasteiger partial charge in [0.15, 0.2) is 5.13 Å². The second-order valence-corrected chi connectivity index (χ2v) is 13.4. The number of hydrogen-bond acceptors (Lipinski definition) is 7. The summed E-state index contributed by atoms with van der Waals surface area (Å²) in [5.41, 5.74) is 0.258. The average molecular weight is 416 g/mol. The molecule has 0 saturated carbocycles. The Morgan fingerprint density at radius 2 is 1.96 bits per heavy atom. The van der Waals surface area contributed by atoms with E-state index < -0.39 is 26.2 Å². The van der Waals surface area contributed by atoms with Gasteiger partial charge in [-0.3, -0.25) is 5.32 Å². The maximum atomic E-state index is 11.7. The zero-order valence-corrected chi connectivity index (χ0v) is 17.5. The molecule has 3 N–H and O–H groups in total. The van der Waals surface area contributed by atoms with E-state index in [1.54, 1.807) is 0 Å². The lowest BCUT2D eigenvalue weighted by molar-refractivity contribution is 0.0700. The summed E-state index contributed by atoms with van der Waals surface area (Å²) < 4.78 is 9.86. The molecular weight excluding hydrogens is 390 g/mol. The fourth-order valence-corrected chi connectivity index (χ4v) is 3.33. The van der Waals surface area contributed by atoms with Gasteiger partial charge in [0.1, 0.15) is 11.5 Å². The summed E-state index contributed by atoms with van der Waals surface area (Å²) >= 11 is 0.817. The van der Waals surface area contributed by atoms with Gasteiger partial charge in [0.2, 0.25) is 0 Å². The van der Waals surface area contributed by atoms with Crippen LogP contribution in [0.5, 0.6) is 0 Å². The molecule has 0 saturated heterocycles. The summed E-state index contributed by atoms with van der Waals surface area (Å²) in [4.78, 5) is 38.6. The molecule has 11 heteroatoms. The number of thiazole rings is 1. The lowest BCUT2D eigenvalue weighted by atomic mass is 10.3. The van der Waals surface area contributed by atoms with Gasteiger partial charge in [-0.2, -0.15) is 0 Å². The molecule has 0 radical (unpaired) electrons. The number of aromatic nitrogens is 1. The molecule has 0 aromatic carbocycles. The minimum atomic E-state index is -1.28. The molecule has 0 spiro atoms. The third-order valence-corrected chi connectivity index (χ3v) is 5.85. The van der Waals surface area contributed by atoms with Crippen LogP contribution in [0.15, 0.2) is 12.7 Å². The van der Waals surface area contributed by atoms with E-state index >= 15 is 0 Å². The lowest BCUT2D eigenvalue weighted by Crippen LogP contribution is -2.29. The zero-order chi connectivity index (χ0) is 20.4. The molecule has 1 rings (SSSR count). The van der Waals surface area contributed by atoms with Crippen LogP contribution in [0.3, 0.4) is 0 Å². The summed E-state index contributed by atoms with van der Waals surface area (Å²) in [6.45, 7) is 10.5. The molecule has 1 aromatic heterocycles. The summed E-state index contributed by atoms with van der Waals surface area (Å²) in [5, 5.41) is 14.3. The molecule has 150 valence electrons. The first-order valence-electron chi connectivity index (χ1n) is 8.30. The van der Waals surface area contributed by atoms with Crippen LogP contribution in [-0.4, -0.2) is 56.1 Å². The number of alkyl carbamates (subject to hydrolysis) is 1. The highest BCUT2D eigenvalue weighted by molar-refractivity contribution is 7.17. The van der Waals surface area contributed by atoms with Crippen molar-refractivity contribution in [3.63, 3.8) is 0 Å². The van der Waals surface area contributed by atoms with Crippen LogP contribution in [0, 0.1) is 0 Å². The van der Waals surface area contributed by atoms with Gasteiger partial charge in [0.25, 0.3) is 0 Å². The third kappa shape index (κ3) is 9.20. The maximum Gasteiger partial charge on any atom is 0.413 e. The van der Waals surface area contributed by atoms with E-state index in [2.05, 4.69) is 41.8 Å². The predicted octanol–water partition coefficient (Wildman–Crippen LogP) is 3.18. The van der Waals surface area contributed by atoms with Gasteiger partial charge in [0, 0.05) is 21.0 Å². The normalized spacial score (nSPS) is 10.8. The Balaban J connectivity index is 2.53. The predicted molar refractivity (Wildman–Crippen MR) is 105 cm³/mol. The Bertz CT molecular complexity index is 686. The van der Waals surface area contributed by atoms with E-state index in [9.17, 15) is 19.5 Å². The fraction of sp³-hybridized carbons (Fsp3) is 0.500. The van der Waals surface area contributed by atoms with Gasteiger partial charge in [0.05, 0.1) is 12.3 Å². The van der Waals surface area contributed by atoms with Gasteiger partial charge in [-0.1, -0.05) is 43.6 Å². The Morgan fingerprint density at radius 1 is 1.26 bits per heavy atom. The Morgan fingerprint density at radius 3 is 2.56 bits per heavy atom. The number of nitrogens with zero attached hydrogens (tertiary/aromatic N) is 1. The molecule has 0 fully saturated rings. The number of hydrogen-bond donors (Lipinski definition) is 3. The second kappa shape index (κ2) is 10.7. The highest BCUT2D eigenvalue weighted by atomic mass is 32.1. The first-order chi connectivity index (χ1) is 12.6. The van der Waals surface area contributed by atoms with Crippen molar-refractivity contribution in [1.29, 1.82) is 0 Å². The number of ether oxygens (including phenoxy) is 2. The SMILES string of the molecule is C=CCOC(=O)Nc1nc(CCNC(=O)OCC[Si](C)(C)C)c(C(=O)O)s1. The molecular formula is C16H25N3O6SSi. The Kier molecular flexibility index (Phi) is 8.95. The smallest absolute Gasteiger partial charge is 0.413 e. The number of rotatable bonds is 10. The van der Waals surface area contributed by atoms with Gasteiger partial charge < -0.3 is 19.9 Å². The van der Waals surface area contributed by atoms with E-state index in [4.69, 9.17) is 9.47 Å². The highest BCUT2D eigenvalue weighted by Crippen LogP contribution is 2.23. The van der Waals surface area contributed by atoms with Crippen LogP contribution < -0.4 is 10.6 Å². The van der Waals surface area contributed by atoms with Crippen molar-refractivity contribution in [1.82, 2.24) is 10.3 Å². The molecule has 0 unspecified atom stereocenters. The third-order valence-electron chi connectivity index (χ3n) is 3.15. The van der Waals surface area contributed by atoms with E-state index in [0.29, 0.717) is 6.61 Å². The Labute approximate surface area is 162 Å². The monoisotopic (exact) mass is 415 g/mol. The van der Waals surface area contributed by atoms with Crippen LogP contribution in [0.2, 0.25) is 25.7 Å². The van der Waals surface area contributed by atoms with Crippen LogP contribution in [-0.2, 0) is 15.9 Å². The summed E-state index contributed by atoms with van der Waals surface area (Å²) in [5.74, 6) is -1.16. The minimum absolute atomic E-state index is 0.0112. The van der Waals surface area contributed by atoms with Gasteiger partial charge in [-0.05, 0) is 6.04 Å². The number of aromatic carboxylic acids is 1. The summed E-state index contributed by atoms with van der Waals surface area (Å²) in [6, 6.07) is 0.868. The standard InChI is InChI=1S/C16H25N3O6SSi/c1-5-8-24-16(23)19-14-18-11(12(26-14)13(20)21)6-7-17-15(22)25-9-10-27(2,3)4/h5H,1,6-10H2,2-4H3,(H,17,22)(H,20,21)(H,18,19,23). The van der Waals surface area contributed by atoms with Crippen LogP contribution in [0.25, 0.3) is 0 Å². The zero-order valence-electron chi connectivity index (χ0n) is 15.7. The lowest BCUT2D eigenvalue weighted by Gasteiger charge is -2.15. The van der Waals surface area contributed by atoms with Crippen molar-refractivity contribution in [2.24, 2.45) is 0 Å². The number of carbonyl (C=O) groups is 3. The van der Waals surface area contributed by atoms with E-state index in [-0.39, 0.29) is 35.3 Å². The molecule has 0 aliphatic carbocycles. The summed E-state index contributed by atoms with van der Waals surface area (Å²) in [7, 11) is -1.28. The number of carboxylic acids is 1.